The van der Waals surface area contributed by atoms with Crippen molar-refractivity contribution in [1.82, 2.24) is 19.8 Å². The third-order valence-corrected chi connectivity index (χ3v) is 17.3. The molecule has 0 spiro atoms. The van der Waals surface area contributed by atoms with E-state index in [1.807, 2.05) is 106 Å². The number of Topliss-reactive ketones (excluding diaryl/α,β-unsaturated/α-hetero) is 2. The minimum Gasteiger partial charge on any atom is -0.399 e. The Hall–Kier alpha value is -5.62. The van der Waals surface area contributed by atoms with E-state index in [4.69, 9.17) is 23.8 Å². The van der Waals surface area contributed by atoms with Crippen LogP contribution in [0.3, 0.4) is 0 Å². The highest BCUT2D eigenvalue weighted by atomic mass is 127. The lowest BCUT2D eigenvalue weighted by Crippen LogP contribution is -2.41. The Morgan fingerprint density at radius 2 is 1.06 bits per heavy atom. The maximum absolute atomic E-state index is 12.9. The summed E-state index contributed by atoms with van der Waals surface area (Å²) < 4.78 is 100. The number of nitrogens with one attached hydrogen (secondary N) is 4. The van der Waals surface area contributed by atoms with E-state index < -0.39 is 73.5 Å². The molecule has 5 fully saturated rings. The van der Waals surface area contributed by atoms with Gasteiger partial charge in [-0.3, -0.25) is 9.59 Å². The molecule has 0 unspecified atom stereocenters. The molecule has 5 aliphatic rings. The lowest BCUT2D eigenvalue weighted by atomic mass is 9.76. The summed E-state index contributed by atoms with van der Waals surface area (Å²) in [7, 11) is -0.556. The lowest BCUT2D eigenvalue weighted by molar-refractivity contribution is -0.144. The molecule has 9 rings (SSSR count). The van der Waals surface area contributed by atoms with Crippen LogP contribution in [0.5, 0.6) is 0 Å². The van der Waals surface area contributed by atoms with Gasteiger partial charge < -0.3 is 59.6 Å². The largest absolute Gasteiger partial charge is 0.495 e. The third kappa shape index (κ3) is 21.5. The molecule has 7 heterocycles. The summed E-state index contributed by atoms with van der Waals surface area (Å²) in [6, 6.07) is 17.5. The van der Waals surface area contributed by atoms with Crippen molar-refractivity contribution in [2.75, 3.05) is 110 Å². The second kappa shape index (κ2) is 32.8. The number of ether oxygens (including phenoxy) is 2. The summed E-state index contributed by atoms with van der Waals surface area (Å²) in [4.78, 5) is 65.9. The third-order valence-electron chi connectivity index (χ3n) is 16.7. The Balaban J connectivity index is 0.000000256. The molecule has 5 aliphatic heterocycles. The number of amides is 4. The first-order valence-electron chi connectivity index (χ1n) is 30.2. The summed E-state index contributed by atoms with van der Waals surface area (Å²) >= 11 is 2.28. The van der Waals surface area contributed by atoms with Gasteiger partial charge in [0.05, 0.1) is 49.7 Å². The number of aryl methyl sites for hydroxylation is 2. The van der Waals surface area contributed by atoms with Gasteiger partial charge in [-0.1, -0.05) is 39.0 Å². The van der Waals surface area contributed by atoms with Crippen LogP contribution < -0.4 is 36.5 Å². The average molecular weight is 1400 g/mol. The minimum absolute atomic E-state index is 0. The summed E-state index contributed by atoms with van der Waals surface area (Å²) in [5, 5.41) is 12.1. The quantitative estimate of drug-likeness (QED) is 0.0470. The molecule has 498 valence electrons. The number of urea groups is 2. The van der Waals surface area contributed by atoms with E-state index in [2.05, 4.69) is 64.7 Å². The molecule has 0 bridgehead atoms. The number of anilines is 6. The number of hydrogen-bond acceptors (Lipinski definition) is 14. The molecule has 27 heteroatoms. The highest BCUT2D eigenvalue weighted by molar-refractivity contribution is 14.1. The first-order valence-corrected chi connectivity index (χ1v) is 31.2. The van der Waals surface area contributed by atoms with Crippen molar-refractivity contribution in [3.63, 3.8) is 0 Å². The molecule has 2 aromatic heterocycles. The number of aromatic nitrogens is 2. The molecule has 0 saturated carbocycles. The molecule has 4 N–H and O–H groups in total. The second-order valence-electron chi connectivity index (χ2n) is 24.1. The van der Waals surface area contributed by atoms with Crippen molar-refractivity contribution in [1.29, 1.82) is 0 Å². The minimum atomic E-state index is -4.23. The SMILES string of the molecule is C.CCC(=O)[C@H](C)Nc1cc(-c2cc(NC(=O)N3CC[C@@H](CC(F)(F)F)C3)ccc2C)cc(N2CCOCC2)n1.CCC(=O)[C@H](C)Nc1cc(I)cc(N2CCOCC2)n1.Cc1ccc(NC(=O)N2CC[C@@H](CC(F)(F)F)C2)cc1B1OC(C)(C)C(C)(C)O1.S. The number of rotatable bonds is 16. The molecule has 4 amide bonds. The Bertz CT molecular complexity index is 3050. The predicted molar refractivity (Wildman–Crippen MR) is 357 cm³/mol. The summed E-state index contributed by atoms with van der Waals surface area (Å²) in [6.07, 6.45) is -8.52. The monoisotopic (exact) mass is 1400 g/mol. The van der Waals surface area contributed by atoms with Crippen LogP contribution in [-0.4, -0.2) is 165 Å². The fourth-order valence-corrected chi connectivity index (χ4v) is 11.4. The van der Waals surface area contributed by atoms with Gasteiger partial charge in [-0.05, 0) is 173 Å². The van der Waals surface area contributed by atoms with Crippen LogP contribution in [0.15, 0.2) is 60.7 Å². The van der Waals surface area contributed by atoms with Crippen molar-refractivity contribution >= 4 is 107 Å². The van der Waals surface area contributed by atoms with Gasteiger partial charge in [0.15, 0.2) is 11.6 Å². The van der Waals surface area contributed by atoms with Crippen molar-refractivity contribution in [3.05, 3.63) is 75.4 Å². The number of benzene rings is 2. The molecule has 0 aliphatic carbocycles. The molecular weight excluding hydrogens is 1310 g/mol. The molecule has 2 aromatic carbocycles. The van der Waals surface area contributed by atoms with Crippen LogP contribution in [0.2, 0.25) is 0 Å². The lowest BCUT2D eigenvalue weighted by Gasteiger charge is -2.32. The van der Waals surface area contributed by atoms with Gasteiger partial charge in [-0.15, -0.1) is 0 Å². The maximum atomic E-state index is 12.9. The van der Waals surface area contributed by atoms with Gasteiger partial charge in [0.2, 0.25) is 0 Å². The van der Waals surface area contributed by atoms with E-state index >= 15 is 0 Å². The van der Waals surface area contributed by atoms with E-state index in [1.54, 1.807) is 18.2 Å². The number of alkyl halides is 6. The highest BCUT2D eigenvalue weighted by Crippen LogP contribution is 2.38. The molecule has 0 radical (unpaired) electrons. The van der Waals surface area contributed by atoms with Crippen LogP contribution in [0.25, 0.3) is 11.1 Å². The average Bonchev–Trinajstić information content (AvgIpc) is 1.92. The number of carbonyl (C=O) groups is 4. The predicted octanol–water partition coefficient (Wildman–Crippen LogP) is 12.6. The number of carbonyl (C=O) groups excluding carboxylic acids is 4. The van der Waals surface area contributed by atoms with Gasteiger partial charge in [0.1, 0.15) is 23.3 Å². The number of hydrogen-bond donors (Lipinski definition) is 4. The standard InChI is InChI=1S/C28H36F3N5O3.C20H28BF3N2O3.C14H20IN3O2.CH4.H2S/c1-4-24(37)19(3)32-25-13-21(14-26(34-25)35-9-11-39-12-10-35)23-15-22(6-5-18(23)2)33-27(38)36-8-7-20(17-36)16-28(29,30)31;1-13-6-7-15(10-16(13)21-28-18(2,3)19(4,5)29-21)25-17(27)26-9-8-14(12-26)11-20(22,23)24;1-3-12(19)10(2)16-13-8-11(15)9-14(17-13)18-4-6-20-7-5-18;;/h5-6,13-15,19-20H,4,7-12,16-17H2,1-3H3,(H,32,34)(H,33,38);6-7,10,14H,8-9,11-12H2,1-5H3,(H,25,27);8-10H,3-7H2,1-2H3,(H,16,17);1H4;1H2/t19-,20-;14-;10-;;/m000../s1. The van der Waals surface area contributed by atoms with Gasteiger partial charge >= 0.3 is 31.5 Å². The summed E-state index contributed by atoms with van der Waals surface area (Å²) in [5.74, 6) is 2.19. The fraction of sp³-hybridized carbons (Fsp3) is 0.587. The van der Waals surface area contributed by atoms with Crippen LogP contribution in [-0.2, 0) is 28.4 Å². The van der Waals surface area contributed by atoms with Crippen molar-refractivity contribution < 1.29 is 64.3 Å². The number of ketones is 2. The van der Waals surface area contributed by atoms with Crippen molar-refractivity contribution in [3.8, 4) is 11.1 Å². The van der Waals surface area contributed by atoms with Gasteiger partial charge in [0, 0.05) is 93.0 Å². The molecule has 90 heavy (non-hydrogen) atoms. The Morgan fingerprint density at radius 1 is 0.633 bits per heavy atom. The normalized spacial score (nSPS) is 19.4. The van der Waals surface area contributed by atoms with Crippen LogP contribution >= 0.6 is 36.1 Å². The van der Waals surface area contributed by atoms with E-state index in [-0.39, 0.29) is 51.6 Å². The maximum Gasteiger partial charge on any atom is 0.495 e. The molecule has 18 nitrogen and oxygen atoms in total. The second-order valence-corrected chi connectivity index (χ2v) is 25.3. The highest BCUT2D eigenvalue weighted by Gasteiger charge is 2.52. The zero-order valence-corrected chi connectivity index (χ0v) is 55.6. The van der Waals surface area contributed by atoms with Crippen LogP contribution in [0.4, 0.5) is 70.6 Å². The first kappa shape index (κ1) is 75.1. The molecular formula is C63H90BF6IN10O8S. The number of halogens is 7. The summed E-state index contributed by atoms with van der Waals surface area (Å²) in [6.45, 7) is 25.8. The van der Waals surface area contributed by atoms with Crippen molar-refractivity contribution in [2.45, 2.75) is 151 Å². The van der Waals surface area contributed by atoms with E-state index in [0.29, 0.717) is 82.3 Å². The topological polar surface area (TPSA) is 192 Å². The Labute approximate surface area is 547 Å². The Morgan fingerprint density at radius 3 is 1.50 bits per heavy atom. The Kier molecular flexibility index (Phi) is 27.4. The zero-order valence-electron chi connectivity index (χ0n) is 52.5. The number of pyridine rings is 2. The summed E-state index contributed by atoms with van der Waals surface area (Å²) in [5.41, 5.74) is 4.65. The fourth-order valence-electron chi connectivity index (χ4n) is 10.8. The van der Waals surface area contributed by atoms with Crippen LogP contribution in [0, 0.1) is 29.3 Å². The van der Waals surface area contributed by atoms with Gasteiger partial charge in [-0.2, -0.15) is 39.8 Å². The van der Waals surface area contributed by atoms with E-state index in [0.717, 1.165) is 75.0 Å². The molecule has 5 saturated heterocycles. The molecule has 4 atom stereocenters. The van der Waals surface area contributed by atoms with Gasteiger partial charge in [-0.25, -0.2) is 19.6 Å². The smallest absolute Gasteiger partial charge is 0.399 e. The van der Waals surface area contributed by atoms with Crippen LogP contribution in [0.1, 0.15) is 112 Å². The first-order chi connectivity index (χ1) is 41.4. The van der Waals surface area contributed by atoms with E-state index in [9.17, 15) is 45.5 Å². The van der Waals surface area contributed by atoms with Crippen molar-refractivity contribution in [2.24, 2.45) is 11.8 Å². The molecule has 4 aromatic rings. The van der Waals surface area contributed by atoms with E-state index in [1.165, 1.54) is 9.80 Å². The number of morpholine rings is 2. The zero-order chi connectivity index (χ0) is 64.3. The number of nitrogens with zero attached hydrogens (tertiary/aromatic N) is 6. The number of likely N-dealkylation sites (tertiary alicyclic amines) is 2. The van der Waals surface area contributed by atoms with Gasteiger partial charge in [0.25, 0.3) is 0 Å².